The molecule has 5 nitrogen and oxygen atoms in total. The van der Waals surface area contributed by atoms with Crippen molar-refractivity contribution in [3.63, 3.8) is 0 Å². The summed E-state index contributed by atoms with van der Waals surface area (Å²) in [5.74, 6) is -0.166. The number of pyridine rings is 1. The van der Waals surface area contributed by atoms with Crippen LogP contribution in [0, 0.1) is 26.6 Å². The van der Waals surface area contributed by atoms with Gasteiger partial charge < -0.3 is 16.0 Å². The van der Waals surface area contributed by atoms with Gasteiger partial charge in [0, 0.05) is 51.7 Å². The maximum atomic E-state index is 15.0. The number of carbonyl (C=O) groups excluding carboxylic acids is 1. The standard InChI is InChI=1S/C19H21FN2.C9H9F3N2O.C3H8.C2H6/c1-12-7-8-13(2)22(12)18-10-9-17(19(20)14(18)3)16-6-5-11-21-15(16)4;1-5-4-6(9(10,11)12)2-3-7(5)14-8(13)15;1-3-2;1-2/h5-6,9-11,13H,1,7-8H2,2-4H3;2-4H,1H3,(H3,13,14,15);3H2,1-2H3;1-2H3. The number of aryl methyl sites for hydroxylation is 2. The molecule has 1 atom stereocenters. The molecule has 3 aromatic rings. The molecule has 3 N–H and O–H groups in total. The summed E-state index contributed by atoms with van der Waals surface area (Å²) in [7, 11) is 0. The van der Waals surface area contributed by atoms with E-state index in [0.717, 1.165) is 47.6 Å². The molecule has 1 saturated heterocycles. The average molecular weight is 589 g/mol. The molecule has 1 aromatic heterocycles. The van der Waals surface area contributed by atoms with Crippen molar-refractivity contribution in [1.29, 1.82) is 0 Å². The zero-order valence-corrected chi connectivity index (χ0v) is 25.9. The van der Waals surface area contributed by atoms with Crippen LogP contribution in [-0.4, -0.2) is 17.1 Å². The van der Waals surface area contributed by atoms with Crippen molar-refractivity contribution < 1.29 is 22.4 Å². The van der Waals surface area contributed by atoms with Crippen molar-refractivity contribution in [3.05, 3.63) is 89.1 Å². The third-order valence-electron chi connectivity index (χ3n) is 6.36. The Morgan fingerprint density at radius 1 is 1.10 bits per heavy atom. The van der Waals surface area contributed by atoms with Gasteiger partial charge in [-0.3, -0.25) is 4.98 Å². The number of primary amides is 1. The minimum Gasteiger partial charge on any atom is -0.351 e. The largest absolute Gasteiger partial charge is 0.416 e. The number of hydrogen-bond acceptors (Lipinski definition) is 3. The molecule has 2 amide bonds. The van der Waals surface area contributed by atoms with Gasteiger partial charge in [0.25, 0.3) is 0 Å². The number of alkyl halides is 3. The normalized spacial score (nSPS) is 14.0. The van der Waals surface area contributed by atoms with Crippen molar-refractivity contribution in [2.75, 3.05) is 10.2 Å². The number of aromatic nitrogens is 1. The van der Waals surface area contributed by atoms with Gasteiger partial charge in [-0.15, -0.1) is 0 Å². The second kappa shape index (κ2) is 16.5. The predicted molar refractivity (Wildman–Crippen MR) is 166 cm³/mol. The minimum absolute atomic E-state index is 0.166. The van der Waals surface area contributed by atoms with Crippen molar-refractivity contribution in [2.24, 2.45) is 5.73 Å². The summed E-state index contributed by atoms with van der Waals surface area (Å²) in [5, 5.41) is 2.22. The minimum atomic E-state index is -4.38. The van der Waals surface area contributed by atoms with Crippen LogP contribution in [0.5, 0.6) is 0 Å². The topological polar surface area (TPSA) is 71.2 Å². The zero-order chi connectivity index (χ0) is 32.2. The highest BCUT2D eigenvalue weighted by molar-refractivity contribution is 5.88. The van der Waals surface area contributed by atoms with E-state index < -0.39 is 17.8 Å². The zero-order valence-electron chi connectivity index (χ0n) is 25.9. The smallest absolute Gasteiger partial charge is 0.351 e. The molecule has 1 unspecified atom stereocenters. The Kier molecular flexibility index (Phi) is 14.2. The van der Waals surface area contributed by atoms with E-state index in [0.29, 0.717) is 22.7 Å². The maximum absolute atomic E-state index is 15.0. The number of carbonyl (C=O) groups is 1. The molecular formula is C33H44F4N4O. The second-order valence-electron chi connectivity index (χ2n) is 9.76. The number of urea groups is 1. The predicted octanol–water partition coefficient (Wildman–Crippen LogP) is 9.95. The number of amides is 2. The van der Waals surface area contributed by atoms with Crippen LogP contribution in [0.3, 0.4) is 0 Å². The van der Waals surface area contributed by atoms with Crippen molar-refractivity contribution in [2.45, 2.75) is 86.9 Å². The number of halogens is 4. The molecule has 0 radical (unpaired) electrons. The third kappa shape index (κ3) is 9.60. The summed E-state index contributed by atoms with van der Waals surface area (Å²) in [6.45, 7) is 19.7. The van der Waals surface area contributed by atoms with Crippen molar-refractivity contribution >= 4 is 17.4 Å². The molecule has 0 saturated carbocycles. The van der Waals surface area contributed by atoms with Crippen LogP contribution in [0.2, 0.25) is 0 Å². The number of allylic oxidation sites excluding steroid dienone is 1. The Morgan fingerprint density at radius 2 is 1.71 bits per heavy atom. The Labute approximate surface area is 247 Å². The molecule has 0 bridgehead atoms. The highest BCUT2D eigenvalue weighted by atomic mass is 19.4. The van der Waals surface area contributed by atoms with Gasteiger partial charge in [-0.05, 0) is 82.5 Å². The molecule has 2 aromatic carbocycles. The Balaban J connectivity index is 0.000000385. The fourth-order valence-corrected chi connectivity index (χ4v) is 4.37. The van der Waals surface area contributed by atoms with E-state index in [1.807, 2.05) is 52.0 Å². The summed E-state index contributed by atoms with van der Waals surface area (Å²) in [6, 6.07) is 10.2. The van der Waals surface area contributed by atoms with Crippen LogP contribution in [0.4, 0.5) is 33.7 Å². The molecule has 42 heavy (non-hydrogen) atoms. The number of nitrogens with two attached hydrogens (primary N) is 1. The number of hydrogen-bond donors (Lipinski definition) is 2. The lowest BCUT2D eigenvalue weighted by atomic mass is 9.99. The lowest BCUT2D eigenvalue weighted by Gasteiger charge is -2.27. The van der Waals surface area contributed by atoms with Gasteiger partial charge in [0.2, 0.25) is 0 Å². The van der Waals surface area contributed by atoms with Gasteiger partial charge in [0.15, 0.2) is 0 Å². The summed E-state index contributed by atoms with van der Waals surface area (Å²) < 4.78 is 51.7. The summed E-state index contributed by atoms with van der Waals surface area (Å²) >= 11 is 0. The van der Waals surface area contributed by atoms with Crippen LogP contribution in [0.25, 0.3) is 11.1 Å². The van der Waals surface area contributed by atoms with Gasteiger partial charge >= 0.3 is 12.2 Å². The molecule has 1 aliphatic heterocycles. The van der Waals surface area contributed by atoms with Crippen molar-refractivity contribution in [3.8, 4) is 11.1 Å². The van der Waals surface area contributed by atoms with Gasteiger partial charge in [0.05, 0.1) is 5.56 Å². The Bertz CT molecular complexity index is 1340. The number of nitrogens with one attached hydrogen (secondary N) is 1. The molecule has 2 heterocycles. The molecule has 0 aliphatic carbocycles. The van der Waals surface area contributed by atoms with Gasteiger partial charge in [-0.25, -0.2) is 9.18 Å². The van der Waals surface area contributed by atoms with Crippen molar-refractivity contribution in [1.82, 2.24) is 4.98 Å². The molecule has 0 spiro atoms. The molecule has 1 fully saturated rings. The molecule has 1 aliphatic rings. The van der Waals surface area contributed by atoms with E-state index in [-0.39, 0.29) is 11.5 Å². The first kappa shape index (κ1) is 36.1. The quantitative estimate of drug-likeness (QED) is 0.299. The van der Waals surface area contributed by atoms with E-state index in [1.165, 1.54) is 19.4 Å². The molecule has 9 heteroatoms. The fraction of sp³-hybridized carbons (Fsp3) is 0.394. The maximum Gasteiger partial charge on any atom is 0.416 e. The van der Waals surface area contributed by atoms with E-state index in [9.17, 15) is 22.4 Å². The van der Waals surface area contributed by atoms with E-state index in [1.54, 1.807) is 6.20 Å². The van der Waals surface area contributed by atoms with Crippen LogP contribution >= 0.6 is 0 Å². The summed E-state index contributed by atoms with van der Waals surface area (Å²) in [6.07, 6.45) is 0.652. The number of anilines is 2. The molecule has 230 valence electrons. The first-order chi connectivity index (χ1) is 19.7. The first-order valence-corrected chi connectivity index (χ1v) is 14.1. The van der Waals surface area contributed by atoms with Gasteiger partial charge in [-0.2, -0.15) is 13.2 Å². The van der Waals surface area contributed by atoms with Crippen LogP contribution < -0.4 is 16.0 Å². The SMILES string of the molecule is C=C1CCC(C)N1c1ccc(-c2cccnc2C)c(F)c1C.CC.CCC.Cc1cc(C(F)(F)F)ccc1NC(N)=O. The number of nitrogens with zero attached hydrogens (tertiary/aromatic N) is 2. The monoisotopic (exact) mass is 588 g/mol. The summed E-state index contributed by atoms with van der Waals surface area (Å²) in [4.78, 5) is 16.9. The number of rotatable bonds is 3. The van der Waals surface area contributed by atoms with E-state index >= 15 is 0 Å². The van der Waals surface area contributed by atoms with Gasteiger partial charge in [-0.1, -0.05) is 46.8 Å². The summed E-state index contributed by atoms with van der Waals surface area (Å²) in [5.41, 5.74) is 9.65. The Morgan fingerprint density at radius 3 is 2.19 bits per heavy atom. The third-order valence-corrected chi connectivity index (χ3v) is 6.36. The van der Waals surface area contributed by atoms with E-state index in [2.05, 4.69) is 42.6 Å². The van der Waals surface area contributed by atoms with Crippen LogP contribution in [-0.2, 0) is 6.18 Å². The Hall–Kier alpha value is -3.88. The highest BCUT2D eigenvalue weighted by Gasteiger charge is 2.30. The van der Waals surface area contributed by atoms with Crippen LogP contribution in [0.1, 0.15) is 76.3 Å². The fourth-order valence-electron chi connectivity index (χ4n) is 4.37. The number of benzene rings is 2. The van der Waals surface area contributed by atoms with Gasteiger partial charge in [0.1, 0.15) is 5.82 Å². The van der Waals surface area contributed by atoms with Crippen LogP contribution in [0.15, 0.2) is 60.9 Å². The van der Waals surface area contributed by atoms with E-state index in [4.69, 9.17) is 5.73 Å². The first-order valence-electron chi connectivity index (χ1n) is 14.1. The lowest BCUT2D eigenvalue weighted by molar-refractivity contribution is -0.137. The average Bonchev–Trinajstić information content (AvgIpc) is 3.26. The molecule has 4 rings (SSSR count). The lowest BCUT2D eigenvalue weighted by Crippen LogP contribution is -2.25. The molecular weight excluding hydrogens is 544 g/mol. The highest BCUT2D eigenvalue weighted by Crippen LogP contribution is 2.38. The second-order valence-corrected chi connectivity index (χ2v) is 9.76.